The summed E-state index contributed by atoms with van der Waals surface area (Å²) in [4.78, 5) is 38.6. The third-order valence-corrected chi connectivity index (χ3v) is 7.83. The third-order valence-electron chi connectivity index (χ3n) is 7.83. The first kappa shape index (κ1) is 29.9. The van der Waals surface area contributed by atoms with Crippen molar-refractivity contribution in [1.29, 1.82) is 0 Å². The summed E-state index contributed by atoms with van der Waals surface area (Å²) in [5, 5.41) is 4.99. The van der Waals surface area contributed by atoms with Crippen molar-refractivity contribution in [3.8, 4) is 0 Å². The van der Waals surface area contributed by atoms with Crippen molar-refractivity contribution in [3.05, 3.63) is 95.8 Å². The second kappa shape index (κ2) is 12.5. The number of anilines is 4. The average Bonchev–Trinajstić information content (AvgIpc) is 3.72. The predicted molar refractivity (Wildman–Crippen MR) is 159 cm³/mol. The van der Waals surface area contributed by atoms with Crippen molar-refractivity contribution in [2.45, 2.75) is 18.5 Å². The van der Waals surface area contributed by atoms with Gasteiger partial charge >= 0.3 is 12.2 Å². The molecule has 4 aromatic rings. The number of alkyl halides is 3. The first-order valence-electron chi connectivity index (χ1n) is 14.4. The minimum absolute atomic E-state index is 0.0980. The molecule has 2 aliphatic heterocycles. The van der Waals surface area contributed by atoms with Crippen molar-refractivity contribution >= 4 is 35.1 Å². The molecular formula is C31H29F4N7O3. The Balaban J connectivity index is 1.07. The van der Waals surface area contributed by atoms with Gasteiger partial charge in [0.25, 0.3) is 11.9 Å². The Kier molecular flexibility index (Phi) is 8.28. The van der Waals surface area contributed by atoms with Crippen LogP contribution in [0.2, 0.25) is 0 Å². The summed E-state index contributed by atoms with van der Waals surface area (Å²) in [5.41, 5.74) is -0.0489. The highest BCUT2D eigenvalue weighted by molar-refractivity contribution is 6.03. The number of para-hydroxylation sites is 1. The maximum absolute atomic E-state index is 13.9. The number of benzene rings is 2. The number of carbonyl (C=O) groups excluding carboxylic acids is 2. The van der Waals surface area contributed by atoms with Gasteiger partial charge in [-0.1, -0.05) is 42.5 Å². The molecule has 234 valence electrons. The fraction of sp³-hybridized carbons (Fsp3) is 0.290. The number of aromatic nitrogens is 2. The van der Waals surface area contributed by atoms with E-state index in [1.165, 1.54) is 30.5 Å². The van der Waals surface area contributed by atoms with E-state index in [1.807, 2.05) is 35.2 Å². The Morgan fingerprint density at radius 2 is 1.60 bits per heavy atom. The largest absolute Gasteiger partial charge is 0.437 e. The molecule has 2 aromatic carbocycles. The lowest BCUT2D eigenvalue weighted by Crippen LogP contribution is -2.50. The van der Waals surface area contributed by atoms with Gasteiger partial charge in [0.1, 0.15) is 11.6 Å². The molecule has 0 bridgehead atoms. The Labute approximate surface area is 255 Å². The van der Waals surface area contributed by atoms with Crippen LogP contribution in [0.4, 0.5) is 45.6 Å². The van der Waals surface area contributed by atoms with E-state index in [0.717, 1.165) is 5.56 Å². The average molecular weight is 624 g/mol. The number of hydrogen-bond acceptors (Lipinski definition) is 7. The summed E-state index contributed by atoms with van der Waals surface area (Å²) >= 11 is 0. The van der Waals surface area contributed by atoms with Crippen molar-refractivity contribution in [2.24, 2.45) is 0 Å². The Morgan fingerprint density at radius 3 is 2.29 bits per heavy atom. The summed E-state index contributed by atoms with van der Waals surface area (Å²) in [6.45, 7) is 2.46. The number of nitrogens with zero attached hydrogens (tertiary/aromatic N) is 5. The highest BCUT2D eigenvalue weighted by Gasteiger charge is 2.42. The Morgan fingerprint density at radius 1 is 0.867 bits per heavy atom. The molecule has 0 radical (unpaired) electrons. The van der Waals surface area contributed by atoms with Gasteiger partial charge in [0.15, 0.2) is 5.69 Å². The highest BCUT2D eigenvalue weighted by Crippen LogP contribution is 2.37. The van der Waals surface area contributed by atoms with E-state index in [1.54, 1.807) is 21.9 Å². The molecule has 6 rings (SSSR count). The van der Waals surface area contributed by atoms with Gasteiger partial charge in [0.05, 0.1) is 17.6 Å². The van der Waals surface area contributed by atoms with Gasteiger partial charge in [0, 0.05) is 45.2 Å². The number of rotatable bonds is 6. The van der Waals surface area contributed by atoms with Crippen LogP contribution in [0, 0.1) is 5.82 Å². The molecule has 0 aliphatic carbocycles. The molecule has 0 unspecified atom stereocenters. The van der Waals surface area contributed by atoms with Crippen LogP contribution in [-0.2, 0) is 6.18 Å². The van der Waals surface area contributed by atoms with Crippen LogP contribution in [0.1, 0.15) is 34.2 Å². The molecule has 2 N–H and O–H groups in total. The van der Waals surface area contributed by atoms with Crippen molar-refractivity contribution in [2.75, 3.05) is 59.7 Å². The lowest BCUT2D eigenvalue weighted by Gasteiger charge is -2.35. The zero-order valence-corrected chi connectivity index (χ0v) is 23.9. The van der Waals surface area contributed by atoms with E-state index in [2.05, 4.69) is 20.6 Å². The Bertz CT molecular complexity index is 1660. The second-order valence-electron chi connectivity index (χ2n) is 10.8. The van der Waals surface area contributed by atoms with E-state index < -0.39 is 35.4 Å². The zero-order valence-electron chi connectivity index (χ0n) is 23.9. The lowest BCUT2D eigenvalue weighted by molar-refractivity contribution is -0.141. The number of piperazine rings is 1. The van der Waals surface area contributed by atoms with Gasteiger partial charge in [-0.3, -0.25) is 4.79 Å². The zero-order chi connectivity index (χ0) is 31.6. The molecule has 2 saturated heterocycles. The van der Waals surface area contributed by atoms with Gasteiger partial charge < -0.3 is 29.8 Å². The standard InChI is InChI=1S/C31H29F4N7O3/c32-23-8-4-5-9-24(23)38-29(44)41-16-14-40(15-17-41)25-11-10-22(18-36-25)37-28(43)26-27(31(33,34)35)39-30(45-26)42-13-12-21(19-42)20-6-2-1-3-7-20/h1-11,18,21H,12-17,19H2,(H,37,43)(H,38,44)/t21-/m0/s1. The second-order valence-corrected chi connectivity index (χ2v) is 10.8. The van der Waals surface area contributed by atoms with Gasteiger partial charge in [-0.15, -0.1) is 0 Å². The molecule has 0 saturated carbocycles. The molecule has 4 heterocycles. The number of halogens is 4. The van der Waals surface area contributed by atoms with Crippen LogP contribution in [0.25, 0.3) is 0 Å². The molecular weight excluding hydrogens is 594 g/mol. The number of oxazole rings is 1. The minimum Gasteiger partial charge on any atom is -0.417 e. The van der Waals surface area contributed by atoms with E-state index in [-0.39, 0.29) is 23.3 Å². The number of pyridine rings is 1. The highest BCUT2D eigenvalue weighted by atomic mass is 19.4. The maximum atomic E-state index is 13.9. The van der Waals surface area contributed by atoms with Gasteiger partial charge in [-0.25, -0.2) is 14.2 Å². The molecule has 1 atom stereocenters. The fourth-order valence-electron chi connectivity index (χ4n) is 5.45. The molecule has 0 spiro atoms. The number of carbonyl (C=O) groups is 2. The predicted octanol–water partition coefficient (Wildman–Crippen LogP) is 5.83. The molecule has 3 amide bonds. The minimum atomic E-state index is -4.90. The van der Waals surface area contributed by atoms with Gasteiger partial charge in [-0.05, 0) is 36.2 Å². The molecule has 2 aliphatic rings. The normalized spacial score (nSPS) is 17.0. The summed E-state index contributed by atoms with van der Waals surface area (Å²) in [6.07, 6.45) is -2.85. The fourth-order valence-corrected chi connectivity index (χ4v) is 5.45. The van der Waals surface area contributed by atoms with Crippen LogP contribution in [-0.4, -0.2) is 66.1 Å². The smallest absolute Gasteiger partial charge is 0.417 e. The number of nitrogens with one attached hydrogen (secondary N) is 2. The molecule has 45 heavy (non-hydrogen) atoms. The van der Waals surface area contributed by atoms with Gasteiger partial charge in [0.2, 0.25) is 5.76 Å². The van der Waals surface area contributed by atoms with Gasteiger partial charge in [-0.2, -0.15) is 18.2 Å². The maximum Gasteiger partial charge on any atom is 0.437 e. The molecule has 14 heteroatoms. The number of hydrogen-bond donors (Lipinski definition) is 2. The van der Waals surface area contributed by atoms with Crippen LogP contribution in [0.5, 0.6) is 0 Å². The monoisotopic (exact) mass is 623 g/mol. The van der Waals surface area contributed by atoms with E-state index in [4.69, 9.17) is 4.42 Å². The van der Waals surface area contributed by atoms with Crippen molar-refractivity contribution in [1.82, 2.24) is 14.9 Å². The lowest BCUT2D eigenvalue weighted by atomic mass is 9.99. The first-order chi connectivity index (χ1) is 21.7. The third kappa shape index (κ3) is 6.69. The topological polar surface area (TPSA) is 107 Å². The molecule has 10 nitrogen and oxygen atoms in total. The van der Waals surface area contributed by atoms with Crippen molar-refractivity contribution < 1.29 is 31.6 Å². The van der Waals surface area contributed by atoms with E-state index >= 15 is 0 Å². The number of amides is 3. The summed E-state index contributed by atoms with van der Waals surface area (Å²) in [5.74, 6) is -1.88. The van der Waals surface area contributed by atoms with Crippen LogP contribution in [0.15, 0.2) is 77.3 Å². The van der Waals surface area contributed by atoms with Crippen LogP contribution in [0.3, 0.4) is 0 Å². The SMILES string of the molecule is O=C(Nc1ccc(N2CCN(C(=O)Nc3ccccc3F)CC2)nc1)c1oc(N2CC[C@H](c3ccccc3)C2)nc1C(F)(F)F. The first-order valence-corrected chi connectivity index (χ1v) is 14.4. The van der Waals surface area contributed by atoms with Crippen LogP contribution < -0.4 is 20.4 Å². The Hall–Kier alpha value is -5.14. The quantitative estimate of drug-likeness (QED) is 0.261. The summed E-state index contributed by atoms with van der Waals surface area (Å²) in [6, 6.07) is 18.0. The van der Waals surface area contributed by atoms with E-state index in [0.29, 0.717) is 51.5 Å². The van der Waals surface area contributed by atoms with Crippen molar-refractivity contribution in [3.63, 3.8) is 0 Å². The van der Waals surface area contributed by atoms with Crippen LogP contribution >= 0.6 is 0 Å². The molecule has 2 fully saturated rings. The van der Waals surface area contributed by atoms with E-state index in [9.17, 15) is 27.2 Å². The number of urea groups is 1. The molecule has 2 aromatic heterocycles. The summed E-state index contributed by atoms with van der Waals surface area (Å²) in [7, 11) is 0. The summed E-state index contributed by atoms with van der Waals surface area (Å²) < 4.78 is 60.9.